The minimum absolute atomic E-state index is 0.125. The van der Waals surface area contributed by atoms with E-state index in [1.807, 2.05) is 0 Å². The van der Waals surface area contributed by atoms with E-state index >= 15 is 0 Å². The molecule has 0 saturated carbocycles. The normalized spacial score (nSPS) is 11.6. The average Bonchev–Trinajstić information content (AvgIpc) is 1.61. The van der Waals surface area contributed by atoms with E-state index in [0.717, 1.165) is 0 Å². The molecule has 0 radical (unpaired) electrons. The van der Waals surface area contributed by atoms with Gasteiger partial charge in [0.2, 0.25) is 0 Å². The van der Waals surface area contributed by atoms with Crippen molar-refractivity contribution in [1.82, 2.24) is 0 Å². The van der Waals surface area contributed by atoms with Crippen molar-refractivity contribution in [3.63, 3.8) is 0 Å². The summed E-state index contributed by atoms with van der Waals surface area (Å²) < 4.78 is 31.9. The van der Waals surface area contributed by atoms with Gasteiger partial charge in [0.15, 0.2) is 0 Å². The van der Waals surface area contributed by atoms with E-state index in [2.05, 4.69) is 0 Å². The number of aliphatic hydroxyl groups excluding tert-OH is 2. The van der Waals surface area contributed by atoms with Crippen LogP contribution < -0.4 is 0 Å². The number of hydrogen-bond acceptors (Lipinski definition) is 4. The van der Waals surface area contributed by atoms with Crippen LogP contribution in [0.5, 0.6) is 0 Å². The molecule has 9 heavy (non-hydrogen) atoms. The van der Waals surface area contributed by atoms with Gasteiger partial charge in [0.1, 0.15) is 0 Å². The molecular formula is C2H8O6Ru. The molecule has 4 N–H and O–H groups in total. The van der Waals surface area contributed by atoms with E-state index in [1.54, 1.807) is 0 Å². The first-order chi connectivity index (χ1) is 3.91. The predicted octanol–water partition coefficient (Wildman–Crippen LogP) is -2.38. The molecular weight excluding hydrogens is 221 g/mol. The monoisotopic (exact) mass is 230 g/mol. The van der Waals surface area contributed by atoms with E-state index in [1.165, 1.54) is 0 Å². The summed E-state index contributed by atoms with van der Waals surface area (Å²) in [6.07, 6.45) is 0. The third-order valence-corrected chi connectivity index (χ3v) is 0.1000. The van der Waals surface area contributed by atoms with Crippen molar-refractivity contribution >= 4 is 0 Å². The standard InChI is InChI=1S/C2H6O2.2H2O.2O.Ru/c3-1-2-4;;;;;/h3-4H,1-2H2;2*1H2;;;/q;;;;;+2/p-2. The van der Waals surface area contributed by atoms with E-state index < -0.39 is 15.4 Å². The van der Waals surface area contributed by atoms with Gasteiger partial charge in [0.05, 0.1) is 13.2 Å². The van der Waals surface area contributed by atoms with Gasteiger partial charge in [-0.3, -0.25) is 0 Å². The first kappa shape index (κ1) is 11.8. The molecule has 0 saturated heterocycles. The van der Waals surface area contributed by atoms with Gasteiger partial charge in [-0.15, -0.1) is 0 Å². The summed E-state index contributed by atoms with van der Waals surface area (Å²) in [6.45, 7) is -0.250. The summed E-state index contributed by atoms with van der Waals surface area (Å²) in [7, 11) is 0. The minimum atomic E-state index is -5.36. The van der Waals surface area contributed by atoms with Crippen LogP contribution in [0.25, 0.3) is 0 Å². The first-order valence-electron chi connectivity index (χ1n) is 1.74. The zero-order valence-electron chi connectivity index (χ0n) is 4.37. The zero-order valence-corrected chi connectivity index (χ0v) is 6.11. The van der Waals surface area contributed by atoms with Crippen LogP contribution in [0, 0.1) is 0 Å². The van der Waals surface area contributed by atoms with Gasteiger partial charge in [-0.05, 0) is 0 Å². The summed E-state index contributed by atoms with van der Waals surface area (Å²) in [5, 5.41) is 15.2. The molecule has 0 aromatic carbocycles. The van der Waals surface area contributed by atoms with Gasteiger partial charge >= 0.3 is 30.4 Å². The molecule has 7 heteroatoms. The van der Waals surface area contributed by atoms with Gasteiger partial charge in [-0.2, -0.15) is 0 Å². The van der Waals surface area contributed by atoms with Crippen molar-refractivity contribution in [2.24, 2.45) is 0 Å². The molecule has 60 valence electrons. The molecule has 0 aliphatic rings. The molecule has 0 aliphatic carbocycles. The third kappa shape index (κ3) is 262. The Morgan fingerprint density at radius 2 is 1.11 bits per heavy atom. The second-order valence-corrected chi connectivity index (χ2v) is 2.74. The summed E-state index contributed by atoms with van der Waals surface area (Å²) in [5.74, 6) is 0. The molecule has 0 aromatic rings. The van der Waals surface area contributed by atoms with E-state index in [9.17, 15) is 0 Å². The molecule has 0 bridgehead atoms. The van der Waals surface area contributed by atoms with Crippen LogP contribution in [-0.2, 0) is 22.5 Å². The molecule has 0 heterocycles. The van der Waals surface area contributed by atoms with Crippen molar-refractivity contribution in [3.8, 4) is 0 Å². The van der Waals surface area contributed by atoms with Gasteiger partial charge in [0.25, 0.3) is 0 Å². The fourth-order valence-corrected chi connectivity index (χ4v) is 0. The topological polar surface area (TPSA) is 115 Å². The molecule has 0 aliphatic heterocycles. The van der Waals surface area contributed by atoms with Crippen LogP contribution in [0.3, 0.4) is 0 Å². The third-order valence-electron chi connectivity index (χ3n) is 0.1000. The van der Waals surface area contributed by atoms with Crippen LogP contribution in [0.2, 0.25) is 0 Å². The van der Waals surface area contributed by atoms with Crippen LogP contribution >= 0.6 is 0 Å². The van der Waals surface area contributed by atoms with Gasteiger partial charge < -0.3 is 10.2 Å². The van der Waals surface area contributed by atoms with E-state index in [-0.39, 0.29) is 13.2 Å². The second kappa shape index (κ2) is 6.19. The van der Waals surface area contributed by atoms with Crippen molar-refractivity contribution in [2.45, 2.75) is 0 Å². The molecule has 0 unspecified atom stereocenters. The van der Waals surface area contributed by atoms with E-state index in [4.69, 9.17) is 25.2 Å². The zero-order chi connectivity index (χ0) is 7.91. The van der Waals surface area contributed by atoms with Crippen molar-refractivity contribution in [3.05, 3.63) is 0 Å². The SMILES string of the molecule is OCCO.[O]=[Ru](=[O])([OH])[OH]. The molecule has 0 rings (SSSR count). The van der Waals surface area contributed by atoms with Crippen molar-refractivity contribution in [1.29, 1.82) is 0 Å². The summed E-state index contributed by atoms with van der Waals surface area (Å²) in [5.41, 5.74) is 0. The van der Waals surface area contributed by atoms with Crippen molar-refractivity contribution < 1.29 is 40.6 Å². The first-order valence-corrected chi connectivity index (χ1v) is 4.71. The fraction of sp³-hybridized carbons (Fsp3) is 1.00. The number of hydrogen-bond donors (Lipinski definition) is 4. The van der Waals surface area contributed by atoms with Gasteiger partial charge in [-0.1, -0.05) is 0 Å². The Labute approximate surface area is 54.5 Å². The van der Waals surface area contributed by atoms with Crippen molar-refractivity contribution in [2.75, 3.05) is 13.2 Å². The van der Waals surface area contributed by atoms with Crippen LogP contribution in [0.4, 0.5) is 0 Å². The summed E-state index contributed by atoms with van der Waals surface area (Å²) in [6, 6.07) is 0. The molecule has 0 atom stereocenters. The second-order valence-electron chi connectivity index (χ2n) is 0.835. The Hall–Kier alpha value is 0.0634. The molecule has 0 fully saturated rings. The molecule has 6 nitrogen and oxygen atoms in total. The van der Waals surface area contributed by atoms with Crippen LogP contribution in [0.1, 0.15) is 0 Å². The fourth-order valence-electron chi connectivity index (χ4n) is 0. The number of aliphatic hydroxyl groups is 2. The Morgan fingerprint density at radius 1 is 1.00 bits per heavy atom. The summed E-state index contributed by atoms with van der Waals surface area (Å²) in [4.78, 5) is 0. The Balaban J connectivity index is 0. The quantitative estimate of drug-likeness (QED) is 0.373. The maximum atomic E-state index is 8.83. The average molecular weight is 229 g/mol. The Kier molecular flexibility index (Phi) is 8.12. The maximum absolute atomic E-state index is 8.83. The van der Waals surface area contributed by atoms with Gasteiger partial charge in [-0.25, -0.2) is 0 Å². The molecule has 0 amide bonds. The summed E-state index contributed by atoms with van der Waals surface area (Å²) >= 11 is -5.36. The Bertz CT molecular complexity index is 114. The molecule has 0 spiro atoms. The predicted molar refractivity (Wildman–Crippen MR) is 20.0 cm³/mol. The number of rotatable bonds is 1. The van der Waals surface area contributed by atoms with E-state index in [0.29, 0.717) is 0 Å². The van der Waals surface area contributed by atoms with Crippen LogP contribution in [0.15, 0.2) is 0 Å². The Morgan fingerprint density at radius 3 is 1.11 bits per heavy atom. The van der Waals surface area contributed by atoms with Gasteiger partial charge in [0, 0.05) is 0 Å². The molecule has 0 aromatic heterocycles. The van der Waals surface area contributed by atoms with Crippen LogP contribution in [-0.4, -0.2) is 31.3 Å².